The number of hydrogen-bond acceptors (Lipinski definition) is 7. The number of aryl methyl sites for hydroxylation is 3. The van der Waals surface area contributed by atoms with Crippen molar-refractivity contribution in [1.29, 1.82) is 0 Å². The number of alkyl halides is 3. The van der Waals surface area contributed by atoms with E-state index in [-0.39, 0.29) is 37.8 Å². The highest BCUT2D eigenvalue weighted by Crippen LogP contribution is 2.37. The molecule has 0 unspecified atom stereocenters. The van der Waals surface area contributed by atoms with E-state index in [1.54, 1.807) is 16.7 Å². The Morgan fingerprint density at radius 1 is 1.12 bits per heavy atom. The Balaban J connectivity index is 1.55. The highest BCUT2D eigenvalue weighted by molar-refractivity contribution is 7.20. The first-order chi connectivity index (χ1) is 15.5. The standard InChI is InChI=1S/C21H20F3N5O3S/c1-11-17-12(2)25-13(3)26-19(17)33-18(11)20(30)28-8-6-27(7-9-28)15-5-4-14(21(22,23)24)10-16(15)29(31)32/h4-5,10H,6-9H2,1-3H3. The largest absolute Gasteiger partial charge is 0.416 e. The smallest absolute Gasteiger partial charge is 0.362 e. The predicted molar refractivity (Wildman–Crippen MR) is 118 cm³/mol. The summed E-state index contributed by atoms with van der Waals surface area (Å²) in [5, 5.41) is 12.3. The average Bonchev–Trinajstić information content (AvgIpc) is 3.08. The maximum absolute atomic E-state index is 13.2. The molecule has 0 atom stereocenters. The van der Waals surface area contributed by atoms with E-state index >= 15 is 0 Å². The molecular weight excluding hydrogens is 459 g/mol. The second kappa shape index (κ2) is 8.25. The zero-order valence-corrected chi connectivity index (χ0v) is 18.9. The summed E-state index contributed by atoms with van der Waals surface area (Å²) in [4.78, 5) is 37.2. The fourth-order valence-corrected chi connectivity index (χ4v) is 5.33. The summed E-state index contributed by atoms with van der Waals surface area (Å²) < 4.78 is 38.9. The topological polar surface area (TPSA) is 92.5 Å². The fourth-order valence-electron chi connectivity index (χ4n) is 4.09. The third-order valence-corrected chi connectivity index (χ3v) is 6.86. The van der Waals surface area contributed by atoms with Crippen LogP contribution in [0, 0.1) is 30.9 Å². The van der Waals surface area contributed by atoms with E-state index < -0.39 is 22.4 Å². The fraction of sp³-hybridized carbons (Fsp3) is 0.381. The van der Waals surface area contributed by atoms with Crippen molar-refractivity contribution in [3.05, 3.63) is 55.8 Å². The second-order valence-electron chi connectivity index (χ2n) is 7.83. The van der Waals surface area contributed by atoms with E-state index in [1.807, 2.05) is 13.8 Å². The van der Waals surface area contributed by atoms with Gasteiger partial charge in [-0.3, -0.25) is 14.9 Å². The number of thiophene rings is 1. The SMILES string of the molecule is Cc1nc(C)c2c(C)c(C(=O)N3CCN(c4ccc(C(F)(F)F)cc4[N+](=O)[O-])CC3)sc2n1. The van der Waals surface area contributed by atoms with Gasteiger partial charge < -0.3 is 9.80 Å². The van der Waals surface area contributed by atoms with Crippen molar-refractivity contribution >= 4 is 38.8 Å². The normalized spacial score (nSPS) is 14.7. The van der Waals surface area contributed by atoms with E-state index in [9.17, 15) is 28.1 Å². The molecule has 0 bridgehead atoms. The number of rotatable bonds is 3. The number of amides is 1. The van der Waals surface area contributed by atoms with Crippen LogP contribution in [-0.2, 0) is 6.18 Å². The lowest BCUT2D eigenvalue weighted by atomic mass is 10.1. The first kappa shape index (κ1) is 22.9. The van der Waals surface area contributed by atoms with Gasteiger partial charge in [0.2, 0.25) is 0 Å². The number of halogens is 3. The number of carbonyl (C=O) groups excluding carboxylic acids is 1. The van der Waals surface area contributed by atoms with Gasteiger partial charge in [0.15, 0.2) is 0 Å². The van der Waals surface area contributed by atoms with Gasteiger partial charge >= 0.3 is 6.18 Å². The van der Waals surface area contributed by atoms with Crippen molar-refractivity contribution in [1.82, 2.24) is 14.9 Å². The molecule has 3 aromatic rings. The van der Waals surface area contributed by atoms with Crippen LogP contribution in [0.15, 0.2) is 18.2 Å². The second-order valence-corrected chi connectivity index (χ2v) is 8.83. The minimum Gasteiger partial charge on any atom is -0.362 e. The molecule has 2 aromatic heterocycles. The van der Waals surface area contributed by atoms with Crippen LogP contribution in [0.2, 0.25) is 0 Å². The Labute approximate surface area is 190 Å². The molecule has 1 aromatic carbocycles. The number of nitro groups is 1. The molecule has 3 heterocycles. The summed E-state index contributed by atoms with van der Waals surface area (Å²) in [5.41, 5.74) is 0.0672. The van der Waals surface area contributed by atoms with Crippen LogP contribution in [0.3, 0.4) is 0 Å². The molecule has 0 saturated carbocycles. The zero-order chi connectivity index (χ0) is 24.1. The lowest BCUT2D eigenvalue weighted by Gasteiger charge is -2.35. The van der Waals surface area contributed by atoms with E-state index in [4.69, 9.17) is 0 Å². The molecule has 1 aliphatic heterocycles. The molecule has 1 saturated heterocycles. The van der Waals surface area contributed by atoms with Crippen molar-refractivity contribution in [3.8, 4) is 0 Å². The molecule has 0 spiro atoms. The van der Waals surface area contributed by atoms with E-state index in [1.165, 1.54) is 11.3 Å². The highest BCUT2D eigenvalue weighted by atomic mass is 32.1. The minimum atomic E-state index is -4.67. The summed E-state index contributed by atoms with van der Waals surface area (Å²) in [5.74, 6) is 0.473. The van der Waals surface area contributed by atoms with E-state index in [0.717, 1.165) is 33.6 Å². The number of nitro benzene ring substituents is 1. The summed E-state index contributed by atoms with van der Waals surface area (Å²) in [6.45, 7) is 6.63. The van der Waals surface area contributed by atoms with Gasteiger partial charge in [-0.2, -0.15) is 13.2 Å². The molecule has 8 nitrogen and oxygen atoms in total. The molecule has 0 aliphatic carbocycles. The Bertz CT molecular complexity index is 1270. The average molecular weight is 479 g/mol. The first-order valence-electron chi connectivity index (χ1n) is 10.1. The molecule has 4 rings (SSSR count). The van der Waals surface area contributed by atoms with Crippen molar-refractivity contribution in [2.75, 3.05) is 31.1 Å². The van der Waals surface area contributed by atoms with Crippen LogP contribution in [0.1, 0.15) is 32.3 Å². The van der Waals surface area contributed by atoms with Gasteiger partial charge in [0.25, 0.3) is 11.6 Å². The summed E-state index contributed by atoms with van der Waals surface area (Å²) in [6.07, 6.45) is -4.67. The predicted octanol–water partition coefficient (Wildman–Crippen LogP) is 4.51. The van der Waals surface area contributed by atoms with Gasteiger partial charge in [0.1, 0.15) is 16.3 Å². The number of nitrogens with zero attached hydrogens (tertiary/aromatic N) is 5. The number of hydrogen-bond donors (Lipinski definition) is 0. The maximum atomic E-state index is 13.2. The van der Waals surface area contributed by atoms with E-state index in [0.29, 0.717) is 16.8 Å². The van der Waals surface area contributed by atoms with Crippen LogP contribution in [0.4, 0.5) is 24.5 Å². The van der Waals surface area contributed by atoms with Crippen LogP contribution < -0.4 is 4.90 Å². The molecule has 0 N–H and O–H groups in total. The molecule has 33 heavy (non-hydrogen) atoms. The van der Waals surface area contributed by atoms with Gasteiger partial charge in [-0.25, -0.2) is 9.97 Å². The molecule has 174 valence electrons. The van der Waals surface area contributed by atoms with Crippen LogP contribution in [-0.4, -0.2) is 51.9 Å². The third kappa shape index (κ3) is 4.22. The maximum Gasteiger partial charge on any atom is 0.416 e. The van der Waals surface area contributed by atoms with Crippen LogP contribution in [0.25, 0.3) is 10.2 Å². The monoisotopic (exact) mass is 479 g/mol. The Hall–Kier alpha value is -3.28. The van der Waals surface area contributed by atoms with Gasteiger partial charge in [-0.05, 0) is 38.5 Å². The molecule has 1 aliphatic rings. The number of anilines is 1. The van der Waals surface area contributed by atoms with Gasteiger partial charge in [-0.1, -0.05) is 0 Å². The quantitative estimate of drug-likeness (QED) is 0.406. The molecule has 12 heteroatoms. The number of benzene rings is 1. The molecule has 0 radical (unpaired) electrons. The van der Waals surface area contributed by atoms with Crippen molar-refractivity contribution in [2.45, 2.75) is 26.9 Å². The van der Waals surface area contributed by atoms with Gasteiger partial charge in [-0.15, -0.1) is 11.3 Å². The third-order valence-electron chi connectivity index (χ3n) is 5.68. The molecular formula is C21H20F3N5O3S. The Kier molecular flexibility index (Phi) is 5.72. The number of aromatic nitrogens is 2. The zero-order valence-electron chi connectivity index (χ0n) is 18.1. The minimum absolute atomic E-state index is 0.111. The highest BCUT2D eigenvalue weighted by Gasteiger charge is 2.35. The summed E-state index contributed by atoms with van der Waals surface area (Å²) in [6, 6.07) is 2.52. The number of piperazine rings is 1. The van der Waals surface area contributed by atoms with E-state index in [2.05, 4.69) is 9.97 Å². The van der Waals surface area contributed by atoms with Crippen molar-refractivity contribution in [3.63, 3.8) is 0 Å². The first-order valence-corrected chi connectivity index (χ1v) is 10.9. The molecule has 1 amide bonds. The summed E-state index contributed by atoms with van der Waals surface area (Å²) in [7, 11) is 0. The Morgan fingerprint density at radius 3 is 2.39 bits per heavy atom. The lowest BCUT2D eigenvalue weighted by molar-refractivity contribution is -0.384. The van der Waals surface area contributed by atoms with Gasteiger partial charge in [0.05, 0.1) is 15.4 Å². The van der Waals surface area contributed by atoms with Crippen molar-refractivity contribution < 1.29 is 22.9 Å². The van der Waals surface area contributed by atoms with Gasteiger partial charge in [0, 0.05) is 43.3 Å². The number of carbonyl (C=O) groups is 1. The Morgan fingerprint density at radius 2 is 1.79 bits per heavy atom. The molecule has 1 fully saturated rings. The van der Waals surface area contributed by atoms with Crippen LogP contribution in [0.5, 0.6) is 0 Å². The lowest BCUT2D eigenvalue weighted by Crippen LogP contribution is -2.48. The number of fused-ring (bicyclic) bond motifs is 1. The summed E-state index contributed by atoms with van der Waals surface area (Å²) >= 11 is 1.31. The van der Waals surface area contributed by atoms with Crippen LogP contribution >= 0.6 is 11.3 Å². The van der Waals surface area contributed by atoms with Crippen molar-refractivity contribution in [2.24, 2.45) is 0 Å².